The molecule has 0 aliphatic carbocycles. The van der Waals surface area contributed by atoms with Gasteiger partial charge in [-0.05, 0) is 24.4 Å². The molecule has 0 aliphatic rings. The van der Waals surface area contributed by atoms with E-state index < -0.39 is 0 Å². The van der Waals surface area contributed by atoms with E-state index in [1.165, 1.54) is 115 Å². The molecule has 0 N–H and O–H groups in total. The van der Waals surface area contributed by atoms with E-state index in [1.54, 1.807) is 0 Å². The van der Waals surface area contributed by atoms with Crippen LogP contribution >= 0.6 is 22.8 Å². The Morgan fingerprint density at radius 1 is 0.542 bits per heavy atom. The monoisotopic (exact) mass is 420 g/mol. The Balaban J connectivity index is 3.23. The van der Waals surface area contributed by atoms with E-state index in [-0.39, 0.29) is 0 Å². The first-order valence-corrected chi connectivity index (χ1v) is 14.5. The second-order valence-corrected chi connectivity index (χ2v) is 10.2. The highest BCUT2D eigenvalue weighted by Gasteiger charge is 2.22. The second-order valence-electron chi connectivity index (χ2n) is 7.79. The van der Waals surface area contributed by atoms with Gasteiger partial charge in [-0.25, -0.2) is 0 Å². The Labute approximate surface area is 164 Å². The van der Waals surface area contributed by atoms with Crippen LogP contribution in [0.4, 0.5) is 0 Å². The normalized spacial score (nSPS) is 12.5. The zero-order chi connectivity index (χ0) is 17.9. The van der Waals surface area contributed by atoms with Gasteiger partial charge in [-0.15, -0.1) is 0 Å². The number of hydrogen-bond donors (Lipinski definition) is 0. The molecule has 0 aromatic carbocycles. The predicted molar refractivity (Wildman–Crippen MR) is 120 cm³/mol. The molecule has 0 aromatic rings. The Hall–Kier alpha value is 0.910. The van der Waals surface area contributed by atoms with Gasteiger partial charge in [-0.1, -0.05) is 140 Å². The van der Waals surface area contributed by atoms with Crippen molar-refractivity contribution in [2.45, 2.75) is 130 Å². The van der Waals surface area contributed by atoms with Crippen molar-refractivity contribution in [3.8, 4) is 0 Å². The summed E-state index contributed by atoms with van der Waals surface area (Å²) in [5, 5.41) is 0. The fourth-order valence-corrected chi connectivity index (χ4v) is 5.14. The van der Waals surface area contributed by atoms with E-state index in [9.17, 15) is 0 Å². The van der Waals surface area contributed by atoms with Gasteiger partial charge in [0.25, 0.3) is 0 Å². The first-order valence-electron chi connectivity index (χ1n) is 11.1. The molecule has 0 spiro atoms. The maximum atomic E-state index is 3.53. The molecule has 146 valence electrons. The molecule has 1 unspecified atom stereocenters. The third-order valence-corrected chi connectivity index (χ3v) is 7.96. The fourth-order valence-electron chi connectivity index (χ4n) is 3.92. The summed E-state index contributed by atoms with van der Waals surface area (Å²) in [4.78, 5) is 0. The molecule has 0 heterocycles. The van der Waals surface area contributed by atoms with Gasteiger partial charge in [0.2, 0.25) is 0 Å². The van der Waals surface area contributed by atoms with Crippen molar-refractivity contribution in [1.29, 1.82) is 0 Å². The van der Waals surface area contributed by atoms with Gasteiger partial charge in [0.15, 0.2) is 0 Å². The van der Waals surface area contributed by atoms with Crippen molar-refractivity contribution in [3.05, 3.63) is 0 Å². The standard InChI is InChI=1S/C22H46BrP/c1-4-22(5-2,6-3)20-18-16-14-12-10-8-7-9-11-13-15-17-19-21-24-23/h24H,4-21H2,1-3H3. The predicted octanol–water partition coefficient (Wildman–Crippen LogP) is 9.65. The van der Waals surface area contributed by atoms with Gasteiger partial charge in [-0.2, -0.15) is 0 Å². The summed E-state index contributed by atoms with van der Waals surface area (Å²) in [7, 11) is 0.978. The van der Waals surface area contributed by atoms with E-state index in [0.29, 0.717) is 5.41 Å². The molecule has 0 rings (SSSR count). The quantitative estimate of drug-likeness (QED) is 0.144. The van der Waals surface area contributed by atoms with Crippen LogP contribution in [0.25, 0.3) is 0 Å². The molecule has 0 amide bonds. The molecule has 0 fully saturated rings. The smallest absolute Gasteiger partial charge is 0.0255 e. The Morgan fingerprint density at radius 3 is 1.21 bits per heavy atom. The average Bonchev–Trinajstić information content (AvgIpc) is 2.62. The summed E-state index contributed by atoms with van der Waals surface area (Å²) < 4.78 is 0. The van der Waals surface area contributed by atoms with Crippen molar-refractivity contribution >= 4 is 22.8 Å². The summed E-state index contributed by atoms with van der Waals surface area (Å²) >= 11 is 3.53. The lowest BCUT2D eigenvalue weighted by Gasteiger charge is -2.30. The van der Waals surface area contributed by atoms with Crippen molar-refractivity contribution in [2.75, 3.05) is 6.16 Å². The molecule has 24 heavy (non-hydrogen) atoms. The Morgan fingerprint density at radius 2 is 0.875 bits per heavy atom. The van der Waals surface area contributed by atoms with Crippen LogP contribution in [-0.4, -0.2) is 6.16 Å². The minimum Gasteiger partial charge on any atom is -0.0649 e. The highest BCUT2D eigenvalue weighted by Crippen LogP contribution is 2.36. The van der Waals surface area contributed by atoms with E-state index in [4.69, 9.17) is 0 Å². The number of halogens is 1. The summed E-state index contributed by atoms with van der Waals surface area (Å²) in [5.74, 6) is 0. The maximum Gasteiger partial charge on any atom is -0.0255 e. The van der Waals surface area contributed by atoms with Crippen LogP contribution in [-0.2, 0) is 0 Å². The van der Waals surface area contributed by atoms with E-state index in [2.05, 4.69) is 36.3 Å². The Bertz CT molecular complexity index is 230. The summed E-state index contributed by atoms with van der Waals surface area (Å²) in [6.07, 6.45) is 26.1. The van der Waals surface area contributed by atoms with Gasteiger partial charge < -0.3 is 0 Å². The molecule has 0 saturated heterocycles. The lowest BCUT2D eigenvalue weighted by atomic mass is 9.75. The zero-order valence-electron chi connectivity index (χ0n) is 17.1. The van der Waals surface area contributed by atoms with Crippen LogP contribution in [0.1, 0.15) is 130 Å². The number of hydrogen-bond acceptors (Lipinski definition) is 0. The molecule has 2 heteroatoms. The van der Waals surface area contributed by atoms with Crippen LogP contribution < -0.4 is 0 Å². The molecule has 0 bridgehead atoms. The largest absolute Gasteiger partial charge is 0.0649 e. The van der Waals surface area contributed by atoms with Gasteiger partial charge >= 0.3 is 0 Å². The van der Waals surface area contributed by atoms with Gasteiger partial charge in [0.05, 0.1) is 0 Å². The van der Waals surface area contributed by atoms with Crippen LogP contribution in [0.5, 0.6) is 0 Å². The first-order chi connectivity index (χ1) is 11.7. The molecular weight excluding hydrogens is 375 g/mol. The van der Waals surface area contributed by atoms with Crippen LogP contribution in [0.15, 0.2) is 0 Å². The number of unbranched alkanes of at least 4 members (excludes halogenated alkanes) is 12. The molecule has 0 aromatic heterocycles. The van der Waals surface area contributed by atoms with Crippen molar-refractivity contribution in [2.24, 2.45) is 5.41 Å². The first kappa shape index (κ1) is 24.9. The van der Waals surface area contributed by atoms with Gasteiger partial charge in [0.1, 0.15) is 0 Å². The van der Waals surface area contributed by atoms with E-state index >= 15 is 0 Å². The fraction of sp³-hybridized carbons (Fsp3) is 1.00. The van der Waals surface area contributed by atoms with Gasteiger partial charge in [0, 0.05) is 0 Å². The lowest BCUT2D eigenvalue weighted by molar-refractivity contribution is 0.220. The van der Waals surface area contributed by atoms with Crippen molar-refractivity contribution < 1.29 is 0 Å². The SMILES string of the molecule is CCC(CC)(CC)CCCCCCCCCCCCCCCPBr. The van der Waals surface area contributed by atoms with E-state index in [1.807, 2.05) is 0 Å². The minimum atomic E-state index is 0.661. The Kier molecular flexibility index (Phi) is 19.4. The molecular formula is C22H46BrP. The average molecular weight is 421 g/mol. The topological polar surface area (TPSA) is 0 Å². The maximum absolute atomic E-state index is 3.53. The molecule has 0 radical (unpaired) electrons. The molecule has 0 aliphatic heterocycles. The lowest BCUT2D eigenvalue weighted by Crippen LogP contribution is -2.17. The third-order valence-electron chi connectivity index (χ3n) is 6.23. The summed E-state index contributed by atoms with van der Waals surface area (Å²) in [6, 6.07) is 0. The number of rotatable bonds is 19. The third kappa shape index (κ3) is 14.1. The molecule has 0 nitrogen and oxygen atoms in total. The molecule has 1 atom stereocenters. The summed E-state index contributed by atoms with van der Waals surface area (Å²) in [5.41, 5.74) is 0.661. The minimum absolute atomic E-state index is 0.661. The summed E-state index contributed by atoms with van der Waals surface area (Å²) in [6.45, 7) is 7.16. The molecule has 0 saturated carbocycles. The van der Waals surface area contributed by atoms with E-state index in [0.717, 1.165) is 7.28 Å². The van der Waals surface area contributed by atoms with Crippen molar-refractivity contribution in [3.63, 3.8) is 0 Å². The van der Waals surface area contributed by atoms with Crippen molar-refractivity contribution in [1.82, 2.24) is 0 Å². The highest BCUT2D eigenvalue weighted by atomic mass is 79.9. The van der Waals surface area contributed by atoms with Crippen LogP contribution in [0, 0.1) is 5.41 Å². The van der Waals surface area contributed by atoms with Crippen LogP contribution in [0.2, 0.25) is 0 Å². The second kappa shape index (κ2) is 18.7. The van der Waals surface area contributed by atoms with Crippen LogP contribution in [0.3, 0.4) is 0 Å². The zero-order valence-corrected chi connectivity index (χ0v) is 19.7. The van der Waals surface area contributed by atoms with Gasteiger partial charge in [-0.3, -0.25) is 0 Å². The highest BCUT2D eigenvalue weighted by molar-refractivity contribution is 9.36.